The molecular weight excluding hydrogens is 240 g/mol. The molecule has 18 heavy (non-hydrogen) atoms. The van der Waals surface area contributed by atoms with E-state index < -0.39 is 17.8 Å². The maximum Gasteiger partial charge on any atom is 0.328 e. The van der Waals surface area contributed by atoms with E-state index in [1.54, 1.807) is 0 Å². The van der Waals surface area contributed by atoms with Crippen molar-refractivity contribution < 1.29 is 24.2 Å². The third-order valence-electron chi connectivity index (χ3n) is 2.45. The van der Waals surface area contributed by atoms with Gasteiger partial charge in [0, 0.05) is 5.56 Å². The minimum Gasteiger partial charge on any atom is -0.482 e. The maximum absolute atomic E-state index is 11.7. The SMILES string of the molecule is NC(C(=O)O)C(=O)c1ccc2c(c1)NC(=O)CO2. The second kappa shape index (κ2) is 4.46. The number of carbonyl (C=O) groups excluding carboxylic acids is 2. The third kappa shape index (κ3) is 2.16. The van der Waals surface area contributed by atoms with Gasteiger partial charge in [-0.15, -0.1) is 0 Å². The summed E-state index contributed by atoms with van der Waals surface area (Å²) in [6, 6.07) is 2.61. The second-order valence-corrected chi connectivity index (χ2v) is 3.73. The minimum absolute atomic E-state index is 0.0884. The Morgan fingerprint density at radius 3 is 2.83 bits per heavy atom. The van der Waals surface area contributed by atoms with Crippen molar-refractivity contribution in [2.24, 2.45) is 5.73 Å². The third-order valence-corrected chi connectivity index (χ3v) is 2.45. The van der Waals surface area contributed by atoms with E-state index in [2.05, 4.69) is 5.32 Å². The molecule has 0 bridgehead atoms. The van der Waals surface area contributed by atoms with Gasteiger partial charge in [0.05, 0.1) is 5.69 Å². The summed E-state index contributed by atoms with van der Waals surface area (Å²) in [4.78, 5) is 33.4. The number of ketones is 1. The number of nitrogens with two attached hydrogens (primary N) is 1. The average molecular weight is 250 g/mol. The van der Waals surface area contributed by atoms with Gasteiger partial charge >= 0.3 is 5.97 Å². The molecule has 0 saturated carbocycles. The zero-order chi connectivity index (χ0) is 13.3. The molecule has 0 spiro atoms. The number of hydrogen-bond acceptors (Lipinski definition) is 5. The summed E-state index contributed by atoms with van der Waals surface area (Å²) in [6.45, 7) is -0.0884. The van der Waals surface area contributed by atoms with Gasteiger partial charge in [-0.05, 0) is 18.2 Å². The lowest BCUT2D eigenvalue weighted by Gasteiger charge is -2.18. The van der Waals surface area contributed by atoms with Gasteiger partial charge in [-0.1, -0.05) is 0 Å². The highest BCUT2D eigenvalue weighted by atomic mass is 16.5. The van der Waals surface area contributed by atoms with Gasteiger partial charge in [0.25, 0.3) is 5.91 Å². The van der Waals surface area contributed by atoms with E-state index in [-0.39, 0.29) is 18.1 Å². The number of carboxylic acid groups (broad SMARTS) is 1. The monoisotopic (exact) mass is 250 g/mol. The van der Waals surface area contributed by atoms with Gasteiger partial charge in [-0.25, -0.2) is 0 Å². The highest BCUT2D eigenvalue weighted by molar-refractivity contribution is 6.12. The fraction of sp³-hybridized carbons (Fsp3) is 0.182. The van der Waals surface area contributed by atoms with Crippen LogP contribution in [0.2, 0.25) is 0 Å². The number of fused-ring (bicyclic) bond motifs is 1. The van der Waals surface area contributed by atoms with Crippen LogP contribution in [0, 0.1) is 0 Å². The minimum atomic E-state index is -1.62. The number of hydrogen-bond donors (Lipinski definition) is 3. The van der Waals surface area contributed by atoms with Crippen LogP contribution in [0.15, 0.2) is 18.2 Å². The Kier molecular flexibility index (Phi) is 2.99. The van der Waals surface area contributed by atoms with E-state index in [1.807, 2.05) is 0 Å². The average Bonchev–Trinajstić information content (AvgIpc) is 2.35. The van der Waals surface area contributed by atoms with Gasteiger partial charge in [0.2, 0.25) is 0 Å². The molecule has 0 aromatic heterocycles. The molecule has 1 aliphatic heterocycles. The van der Waals surface area contributed by atoms with Crippen LogP contribution in [0.5, 0.6) is 5.75 Å². The van der Waals surface area contributed by atoms with E-state index in [9.17, 15) is 14.4 Å². The van der Waals surface area contributed by atoms with Crippen molar-refractivity contribution in [3.05, 3.63) is 23.8 Å². The molecule has 7 heteroatoms. The molecule has 1 heterocycles. The largest absolute Gasteiger partial charge is 0.482 e. The number of rotatable bonds is 3. The summed E-state index contributed by atoms with van der Waals surface area (Å²) >= 11 is 0. The first-order valence-corrected chi connectivity index (χ1v) is 5.08. The van der Waals surface area contributed by atoms with Gasteiger partial charge in [0.1, 0.15) is 5.75 Å². The van der Waals surface area contributed by atoms with E-state index in [0.29, 0.717) is 11.4 Å². The molecule has 1 atom stereocenters. The van der Waals surface area contributed by atoms with Crippen LogP contribution in [-0.4, -0.2) is 35.4 Å². The standard InChI is InChI=1S/C11H10N2O5/c12-9(11(16)17)10(15)5-1-2-7-6(3-5)13-8(14)4-18-7/h1-3,9H,4,12H2,(H,13,14)(H,16,17). The molecule has 0 aliphatic carbocycles. The van der Waals surface area contributed by atoms with Gasteiger partial charge in [-0.3, -0.25) is 14.4 Å². The first-order valence-electron chi connectivity index (χ1n) is 5.08. The summed E-state index contributed by atoms with van der Waals surface area (Å²) in [5, 5.41) is 11.2. The van der Waals surface area contributed by atoms with E-state index in [0.717, 1.165) is 0 Å². The van der Waals surface area contributed by atoms with Crippen molar-refractivity contribution in [2.45, 2.75) is 6.04 Å². The quantitative estimate of drug-likeness (QED) is 0.496. The Balaban J connectivity index is 2.31. The number of nitrogens with one attached hydrogen (secondary N) is 1. The number of anilines is 1. The van der Waals surface area contributed by atoms with Crippen molar-refractivity contribution in [3.63, 3.8) is 0 Å². The van der Waals surface area contributed by atoms with Crippen molar-refractivity contribution in [2.75, 3.05) is 11.9 Å². The molecule has 94 valence electrons. The predicted octanol–water partition coefficient (Wildman–Crippen LogP) is -0.388. The number of amides is 1. The number of carboxylic acids is 1. The lowest BCUT2D eigenvalue weighted by atomic mass is 10.0. The molecule has 0 saturated heterocycles. The highest BCUT2D eigenvalue weighted by Gasteiger charge is 2.24. The number of ether oxygens (including phenoxy) is 1. The molecule has 7 nitrogen and oxygen atoms in total. The molecule has 0 fully saturated rings. The molecule has 1 aromatic rings. The van der Waals surface area contributed by atoms with Crippen LogP contribution >= 0.6 is 0 Å². The lowest BCUT2D eigenvalue weighted by molar-refractivity contribution is -0.137. The fourth-order valence-corrected chi connectivity index (χ4v) is 1.53. The first kappa shape index (κ1) is 12.1. The van der Waals surface area contributed by atoms with E-state index >= 15 is 0 Å². The van der Waals surface area contributed by atoms with E-state index in [4.69, 9.17) is 15.6 Å². The van der Waals surface area contributed by atoms with Gasteiger partial charge < -0.3 is 20.9 Å². The van der Waals surface area contributed by atoms with Crippen LogP contribution in [0.4, 0.5) is 5.69 Å². The highest BCUT2D eigenvalue weighted by Crippen LogP contribution is 2.28. The number of Topliss-reactive ketones (excluding diaryl/α,β-unsaturated/α-hetero) is 1. The normalized spacial score (nSPS) is 15.1. The van der Waals surface area contributed by atoms with Crippen LogP contribution in [-0.2, 0) is 9.59 Å². The van der Waals surface area contributed by atoms with Crippen molar-refractivity contribution in [1.82, 2.24) is 0 Å². The summed E-state index contributed by atoms with van der Waals surface area (Å²) in [5.74, 6) is -2.05. The molecule has 4 N–H and O–H groups in total. The molecule has 2 rings (SSSR count). The van der Waals surface area contributed by atoms with Crippen LogP contribution in [0.1, 0.15) is 10.4 Å². The summed E-state index contributed by atoms with van der Waals surface area (Å²) < 4.78 is 5.11. The summed E-state index contributed by atoms with van der Waals surface area (Å²) in [5.41, 5.74) is 5.66. The molecule has 1 unspecified atom stereocenters. The second-order valence-electron chi connectivity index (χ2n) is 3.73. The molecule has 1 aromatic carbocycles. The number of benzene rings is 1. The molecular formula is C11H10N2O5. The summed E-state index contributed by atoms with van der Waals surface area (Å²) in [6.07, 6.45) is 0. The first-order chi connectivity index (χ1) is 8.49. The molecule has 1 amide bonds. The molecule has 0 radical (unpaired) electrons. The zero-order valence-corrected chi connectivity index (χ0v) is 9.17. The lowest BCUT2D eigenvalue weighted by Crippen LogP contribution is -2.38. The fourth-order valence-electron chi connectivity index (χ4n) is 1.53. The Labute approximate surface area is 102 Å². The smallest absolute Gasteiger partial charge is 0.328 e. The molecule has 1 aliphatic rings. The maximum atomic E-state index is 11.7. The Bertz CT molecular complexity index is 540. The Hall–Kier alpha value is -2.41. The predicted molar refractivity (Wildman–Crippen MR) is 60.5 cm³/mol. The van der Waals surface area contributed by atoms with E-state index in [1.165, 1.54) is 18.2 Å². The van der Waals surface area contributed by atoms with Gasteiger partial charge in [0.15, 0.2) is 18.4 Å². The number of carbonyl (C=O) groups is 3. The van der Waals surface area contributed by atoms with Crippen LogP contribution in [0.3, 0.4) is 0 Å². The van der Waals surface area contributed by atoms with Crippen molar-refractivity contribution in [3.8, 4) is 5.75 Å². The zero-order valence-electron chi connectivity index (χ0n) is 9.17. The Morgan fingerprint density at radius 2 is 2.17 bits per heavy atom. The topological polar surface area (TPSA) is 119 Å². The van der Waals surface area contributed by atoms with Crippen LogP contribution in [0.25, 0.3) is 0 Å². The van der Waals surface area contributed by atoms with Gasteiger partial charge in [-0.2, -0.15) is 0 Å². The van der Waals surface area contributed by atoms with Crippen LogP contribution < -0.4 is 15.8 Å². The summed E-state index contributed by atoms with van der Waals surface area (Å²) in [7, 11) is 0. The van der Waals surface area contributed by atoms with Crippen molar-refractivity contribution >= 4 is 23.3 Å². The number of aliphatic carboxylic acids is 1. The Morgan fingerprint density at radius 1 is 1.44 bits per heavy atom. The van der Waals surface area contributed by atoms with Crippen molar-refractivity contribution in [1.29, 1.82) is 0 Å².